The van der Waals surface area contributed by atoms with Crippen LogP contribution >= 0.6 is 45.3 Å². The van der Waals surface area contributed by atoms with Crippen LogP contribution in [0.5, 0.6) is 0 Å². The molecule has 0 N–H and O–H groups in total. The number of hydrogen-bond donors (Lipinski definition) is 0. The van der Waals surface area contributed by atoms with Crippen LogP contribution in [-0.4, -0.2) is 45.0 Å². The van der Waals surface area contributed by atoms with E-state index >= 15 is 0 Å². The van der Waals surface area contributed by atoms with Gasteiger partial charge in [-0.1, -0.05) is 52.4 Å². The summed E-state index contributed by atoms with van der Waals surface area (Å²) in [5, 5.41) is 0. The lowest BCUT2D eigenvalue weighted by Gasteiger charge is -2.27. The highest BCUT2D eigenvalue weighted by molar-refractivity contribution is 7.23. The minimum Gasteiger partial charge on any atom is -0.443 e. The van der Waals surface area contributed by atoms with Crippen LogP contribution in [0.4, 0.5) is 9.59 Å². The summed E-state index contributed by atoms with van der Waals surface area (Å²) in [7, 11) is 0. The normalized spacial score (nSPS) is 14.8. The molecule has 12 heteroatoms. The van der Waals surface area contributed by atoms with Gasteiger partial charge in [-0.3, -0.25) is 9.59 Å². The van der Waals surface area contributed by atoms with Crippen molar-refractivity contribution in [3.05, 3.63) is 79.2 Å². The Morgan fingerprint density at radius 1 is 0.500 bits per heavy atom. The van der Waals surface area contributed by atoms with Crippen molar-refractivity contribution < 1.29 is 28.7 Å². The lowest BCUT2D eigenvalue weighted by atomic mass is 10.1. The molecule has 4 amide bonds. The van der Waals surface area contributed by atoms with Gasteiger partial charge in [0.25, 0.3) is 11.8 Å². The third-order valence-corrected chi connectivity index (χ3v) is 14.1. The second-order valence-corrected chi connectivity index (χ2v) is 20.7. The predicted molar refractivity (Wildman–Crippen MR) is 231 cm³/mol. The van der Waals surface area contributed by atoms with Crippen molar-refractivity contribution >= 4 is 80.7 Å². The fourth-order valence-corrected chi connectivity index (χ4v) is 11.0. The molecule has 8 nitrogen and oxygen atoms in total. The first-order chi connectivity index (χ1) is 26.6. The van der Waals surface area contributed by atoms with Gasteiger partial charge >= 0.3 is 12.2 Å². The van der Waals surface area contributed by atoms with Crippen LogP contribution < -0.4 is 0 Å². The molecular weight excluding hydrogens is 781 g/mol. The van der Waals surface area contributed by atoms with E-state index in [1.807, 2.05) is 24.3 Å². The molecule has 0 bridgehead atoms. The molecule has 0 saturated carbocycles. The van der Waals surface area contributed by atoms with Crippen molar-refractivity contribution in [2.24, 2.45) is 0 Å². The van der Waals surface area contributed by atoms with Crippen LogP contribution in [0.1, 0.15) is 126 Å². The van der Waals surface area contributed by atoms with Crippen LogP contribution in [0.3, 0.4) is 0 Å². The molecule has 0 unspecified atom stereocenters. The smallest absolute Gasteiger partial charge is 0.422 e. The minimum absolute atomic E-state index is 0.0154. The zero-order valence-corrected chi connectivity index (χ0v) is 36.9. The molecule has 0 fully saturated rings. The number of thiophene rings is 4. The lowest BCUT2D eigenvalue weighted by Crippen LogP contribution is -2.40. The summed E-state index contributed by atoms with van der Waals surface area (Å²) in [5.74, 6) is -1.45. The fourth-order valence-electron chi connectivity index (χ4n) is 6.67. The maximum atomic E-state index is 14.7. The van der Waals surface area contributed by atoms with Crippen molar-refractivity contribution in [2.45, 2.75) is 131 Å². The van der Waals surface area contributed by atoms with E-state index < -0.39 is 35.2 Å². The molecule has 0 aromatic carbocycles. The monoisotopic (exact) mass is 832 g/mol. The van der Waals surface area contributed by atoms with E-state index in [2.05, 4.69) is 38.1 Å². The summed E-state index contributed by atoms with van der Waals surface area (Å²) >= 11 is 6.25. The number of hydrogen-bond acceptors (Lipinski definition) is 10. The summed E-state index contributed by atoms with van der Waals surface area (Å²) < 4.78 is 11.6. The lowest BCUT2D eigenvalue weighted by molar-refractivity contribution is -0.123. The highest BCUT2D eigenvalue weighted by atomic mass is 32.1. The number of rotatable bonds is 14. The molecule has 0 spiro atoms. The Balaban J connectivity index is 1.45. The number of aryl methyl sites for hydroxylation is 2. The second-order valence-electron chi connectivity index (χ2n) is 16.2. The van der Waals surface area contributed by atoms with Gasteiger partial charge in [-0.05, 0) is 116 Å². The van der Waals surface area contributed by atoms with E-state index in [9.17, 15) is 19.2 Å². The van der Waals surface area contributed by atoms with E-state index in [4.69, 9.17) is 9.47 Å². The van der Waals surface area contributed by atoms with Crippen molar-refractivity contribution in [1.29, 1.82) is 0 Å². The van der Waals surface area contributed by atoms with Crippen LogP contribution in [0.2, 0.25) is 0 Å². The predicted octanol–water partition coefficient (Wildman–Crippen LogP) is 13.2. The summed E-state index contributed by atoms with van der Waals surface area (Å²) in [6.45, 7) is 14.8. The molecule has 298 valence electrons. The van der Waals surface area contributed by atoms with Crippen molar-refractivity contribution in [1.82, 2.24) is 9.80 Å². The minimum atomic E-state index is -0.919. The Hall–Kier alpha value is -3.84. The zero-order chi connectivity index (χ0) is 40.4. The number of ether oxygens (including phenoxy) is 2. The molecule has 56 heavy (non-hydrogen) atoms. The molecular formula is C44H52N2O6S4. The van der Waals surface area contributed by atoms with E-state index in [1.165, 1.54) is 71.0 Å². The number of carbonyl (C=O) groups excluding carboxylic acids is 4. The maximum Gasteiger partial charge on any atom is 0.422 e. The van der Waals surface area contributed by atoms with E-state index in [0.29, 0.717) is 9.75 Å². The highest BCUT2D eigenvalue weighted by Crippen LogP contribution is 2.51. The van der Waals surface area contributed by atoms with Gasteiger partial charge < -0.3 is 9.47 Å². The molecule has 2 aliphatic rings. The van der Waals surface area contributed by atoms with Gasteiger partial charge in [-0.15, -0.1) is 45.3 Å². The van der Waals surface area contributed by atoms with Gasteiger partial charge in [0.05, 0.1) is 32.3 Å². The average molecular weight is 833 g/mol. The van der Waals surface area contributed by atoms with E-state index in [0.717, 1.165) is 55.0 Å². The summed E-state index contributed by atoms with van der Waals surface area (Å²) in [4.78, 5) is 67.1. The molecule has 4 aromatic heterocycles. The quantitative estimate of drug-likeness (QED) is 0.117. The van der Waals surface area contributed by atoms with Gasteiger partial charge in [0, 0.05) is 29.3 Å². The first-order valence-electron chi connectivity index (χ1n) is 19.6. The largest absolute Gasteiger partial charge is 0.443 e. The SMILES string of the molecule is CCCCCCc1ccc(-c2ccc(C3=C4C(=O)N(C(=O)OC(C)(C)C)C(c5ccc(-c6ccc(CCCCCC)s6)s5)=C4C(=O)N3C(=O)OC(C)(C)C)s2)s1. The number of carbonyl (C=O) groups is 4. The standard InChI is InChI=1S/C44H52N2O6S4/c1-9-11-13-15-17-27-19-21-29(53-27)31-23-25-33(55-31)37-35-36(40(48)45(37)41(49)51-43(3,4)5)38(46(39(35)47)42(50)52-44(6,7)8)34-26-24-32(56-34)30-22-20-28(54-30)18-16-14-12-10-2/h19-26H,9-18H2,1-8H3. The highest BCUT2D eigenvalue weighted by Gasteiger charge is 2.54. The molecule has 6 rings (SSSR count). The Morgan fingerprint density at radius 2 is 0.839 bits per heavy atom. The van der Waals surface area contributed by atoms with Crippen molar-refractivity contribution in [3.63, 3.8) is 0 Å². The number of unbranched alkanes of at least 4 members (excludes halogenated alkanes) is 6. The second kappa shape index (κ2) is 17.3. The summed E-state index contributed by atoms with van der Waals surface area (Å²) in [6.07, 6.45) is 9.76. The maximum absolute atomic E-state index is 14.7. The van der Waals surface area contributed by atoms with Crippen molar-refractivity contribution in [2.75, 3.05) is 0 Å². The Bertz CT molecular complexity index is 2010. The molecule has 0 atom stereocenters. The fraction of sp³-hybridized carbons (Fsp3) is 0.455. The van der Waals surface area contributed by atoms with Gasteiger partial charge in [-0.2, -0.15) is 0 Å². The van der Waals surface area contributed by atoms with Crippen LogP contribution in [0, 0.1) is 0 Å². The van der Waals surface area contributed by atoms with Crippen LogP contribution in [-0.2, 0) is 31.9 Å². The number of amides is 4. The molecule has 0 radical (unpaired) electrons. The van der Waals surface area contributed by atoms with Crippen LogP contribution in [0.25, 0.3) is 30.9 Å². The number of fused-ring (bicyclic) bond motifs is 1. The topological polar surface area (TPSA) is 93.2 Å². The Labute approximate surface area is 346 Å². The third kappa shape index (κ3) is 9.30. The van der Waals surface area contributed by atoms with Crippen molar-refractivity contribution in [3.8, 4) is 19.5 Å². The first-order valence-corrected chi connectivity index (χ1v) is 22.9. The Morgan fingerprint density at radius 3 is 1.20 bits per heavy atom. The van der Waals surface area contributed by atoms with Crippen LogP contribution in [0.15, 0.2) is 59.7 Å². The van der Waals surface area contributed by atoms with E-state index in [1.54, 1.807) is 64.2 Å². The van der Waals surface area contributed by atoms with Gasteiger partial charge in [0.15, 0.2) is 0 Å². The zero-order valence-electron chi connectivity index (χ0n) is 33.7. The molecule has 4 aromatic rings. The number of nitrogens with zero attached hydrogens (tertiary/aromatic N) is 2. The molecule has 6 heterocycles. The summed E-state index contributed by atoms with van der Waals surface area (Å²) in [6, 6.07) is 16.1. The van der Waals surface area contributed by atoms with Gasteiger partial charge in [0.1, 0.15) is 11.2 Å². The van der Waals surface area contributed by atoms with Gasteiger partial charge in [-0.25, -0.2) is 19.4 Å². The average Bonchev–Trinajstić information content (AvgIpc) is 3.96. The molecule has 0 aliphatic carbocycles. The van der Waals surface area contributed by atoms with E-state index in [-0.39, 0.29) is 22.5 Å². The Kier molecular flexibility index (Phi) is 12.9. The summed E-state index contributed by atoms with van der Waals surface area (Å²) in [5.41, 5.74) is -1.64. The number of imide groups is 2. The van der Waals surface area contributed by atoms with Gasteiger partial charge in [0.2, 0.25) is 0 Å². The first kappa shape index (κ1) is 41.8. The molecule has 0 saturated heterocycles. The third-order valence-electron chi connectivity index (χ3n) is 9.20. The molecule has 2 aliphatic heterocycles.